The predicted molar refractivity (Wildman–Crippen MR) is 126 cm³/mol. The lowest BCUT2D eigenvalue weighted by Gasteiger charge is -2.10. The largest absolute Gasteiger partial charge is 0.456 e. The van der Waals surface area contributed by atoms with Gasteiger partial charge in [0, 0.05) is 24.3 Å². The zero-order valence-corrected chi connectivity index (χ0v) is 19.3. The van der Waals surface area contributed by atoms with Crippen molar-refractivity contribution in [1.82, 2.24) is 23.7 Å². The number of hydrogen-bond donors (Lipinski definition) is 1. The molecule has 174 valence electrons. The Labute approximate surface area is 190 Å². The molecule has 0 saturated heterocycles. The number of carbonyl (C=O) groups excluding carboxylic acids is 1. The molecule has 4 rings (SSSR count). The van der Waals surface area contributed by atoms with E-state index in [1.807, 2.05) is 55.7 Å². The first-order valence-corrected chi connectivity index (χ1v) is 11.4. The van der Waals surface area contributed by atoms with Gasteiger partial charge in [0.25, 0.3) is 5.56 Å². The topological polar surface area (TPSA) is 104 Å². The second-order valence-corrected chi connectivity index (χ2v) is 8.21. The number of nitrogens with one attached hydrogen (secondary N) is 1. The van der Waals surface area contributed by atoms with Crippen LogP contribution in [0.15, 0.2) is 39.9 Å². The lowest BCUT2D eigenvalue weighted by atomic mass is 10.2. The highest BCUT2D eigenvalue weighted by Crippen LogP contribution is 2.19. The van der Waals surface area contributed by atoms with Crippen molar-refractivity contribution in [3.8, 4) is 0 Å². The minimum absolute atomic E-state index is 0.0762. The summed E-state index contributed by atoms with van der Waals surface area (Å²) in [5.41, 5.74) is 1.67. The minimum atomic E-state index is -0.476. The number of hydrogen-bond acceptors (Lipinski definition) is 5. The van der Waals surface area contributed by atoms with Crippen LogP contribution in [0.5, 0.6) is 0 Å². The molecule has 3 heterocycles. The highest BCUT2D eigenvalue weighted by Gasteiger charge is 2.19. The molecule has 1 aromatic carbocycles. The average Bonchev–Trinajstić information content (AvgIpc) is 3.30. The van der Waals surface area contributed by atoms with E-state index in [1.54, 1.807) is 4.57 Å². The Bertz CT molecular complexity index is 1420. The van der Waals surface area contributed by atoms with E-state index in [0.717, 1.165) is 35.9 Å². The molecule has 0 spiro atoms. The summed E-state index contributed by atoms with van der Waals surface area (Å²) in [6.07, 6.45) is 2.45. The number of fused-ring (bicyclic) bond motifs is 2. The van der Waals surface area contributed by atoms with Gasteiger partial charge in [-0.15, -0.1) is 0 Å². The molecule has 0 atom stereocenters. The standard InChI is InChI=1S/C24H29N5O4/c1-4-6-12-28-22-21(23(31)26-24(28)32)27(11-5-2)19(25-22)15-33-20(30)14-29-16(3)13-17-9-7-8-10-18(17)29/h7-10,13H,4-6,11-12,14-15H2,1-3H3,(H,26,31,32). The number of para-hydroxylation sites is 1. The van der Waals surface area contributed by atoms with E-state index in [0.29, 0.717) is 30.1 Å². The number of ether oxygens (including phenoxy) is 1. The number of carbonyl (C=O) groups is 1. The van der Waals surface area contributed by atoms with Crippen LogP contribution < -0.4 is 11.2 Å². The maximum atomic E-state index is 12.7. The van der Waals surface area contributed by atoms with Crippen molar-refractivity contribution in [2.75, 3.05) is 0 Å². The van der Waals surface area contributed by atoms with E-state index in [2.05, 4.69) is 9.97 Å². The van der Waals surface area contributed by atoms with Crippen molar-refractivity contribution in [2.45, 2.75) is 66.3 Å². The molecule has 0 unspecified atom stereocenters. The Morgan fingerprint density at radius 2 is 1.85 bits per heavy atom. The maximum Gasteiger partial charge on any atom is 0.330 e. The molecule has 0 aliphatic carbocycles. The van der Waals surface area contributed by atoms with Gasteiger partial charge < -0.3 is 13.9 Å². The summed E-state index contributed by atoms with van der Waals surface area (Å²) in [7, 11) is 0. The lowest BCUT2D eigenvalue weighted by Crippen LogP contribution is -2.31. The molecular weight excluding hydrogens is 422 g/mol. The number of rotatable bonds is 9. The SMILES string of the molecule is CCCCn1c(=O)[nH]c(=O)c2c1nc(COC(=O)Cn1c(C)cc3ccccc31)n2CCC. The van der Waals surface area contributed by atoms with Gasteiger partial charge in [0.1, 0.15) is 19.0 Å². The second kappa shape index (κ2) is 9.48. The van der Waals surface area contributed by atoms with Crippen molar-refractivity contribution in [3.05, 3.63) is 62.7 Å². The first kappa shape index (κ1) is 22.6. The fraction of sp³-hybridized carbons (Fsp3) is 0.417. The number of benzene rings is 1. The fourth-order valence-electron chi connectivity index (χ4n) is 4.19. The fourth-order valence-corrected chi connectivity index (χ4v) is 4.19. The van der Waals surface area contributed by atoms with E-state index in [1.165, 1.54) is 4.57 Å². The quantitative estimate of drug-likeness (QED) is 0.394. The molecule has 33 heavy (non-hydrogen) atoms. The van der Waals surface area contributed by atoms with E-state index >= 15 is 0 Å². The van der Waals surface area contributed by atoms with Gasteiger partial charge in [0.2, 0.25) is 0 Å². The molecular formula is C24H29N5O4. The predicted octanol–water partition coefficient (Wildman–Crippen LogP) is 3.10. The van der Waals surface area contributed by atoms with Gasteiger partial charge in [-0.05, 0) is 37.3 Å². The van der Waals surface area contributed by atoms with Crippen molar-refractivity contribution >= 4 is 28.0 Å². The third-order valence-electron chi connectivity index (χ3n) is 5.81. The average molecular weight is 452 g/mol. The molecule has 0 amide bonds. The van der Waals surface area contributed by atoms with Crippen molar-refractivity contribution < 1.29 is 9.53 Å². The smallest absolute Gasteiger partial charge is 0.330 e. The molecule has 0 fully saturated rings. The Kier molecular flexibility index (Phi) is 6.48. The van der Waals surface area contributed by atoms with Crippen LogP contribution in [0.3, 0.4) is 0 Å². The van der Waals surface area contributed by atoms with Crippen LogP contribution in [0, 0.1) is 6.92 Å². The first-order valence-electron chi connectivity index (χ1n) is 11.4. The molecule has 3 aromatic heterocycles. The van der Waals surface area contributed by atoms with Crippen LogP contribution in [0.4, 0.5) is 0 Å². The van der Waals surface area contributed by atoms with E-state index in [4.69, 9.17) is 4.74 Å². The van der Waals surface area contributed by atoms with Crippen LogP contribution in [-0.4, -0.2) is 29.6 Å². The summed E-state index contributed by atoms with van der Waals surface area (Å²) < 4.78 is 10.7. The Morgan fingerprint density at radius 1 is 1.06 bits per heavy atom. The van der Waals surface area contributed by atoms with Crippen LogP contribution in [0.2, 0.25) is 0 Å². The normalized spacial score (nSPS) is 11.5. The molecule has 0 bridgehead atoms. The zero-order chi connectivity index (χ0) is 23.5. The summed E-state index contributed by atoms with van der Waals surface area (Å²) in [4.78, 5) is 44.7. The number of esters is 1. The van der Waals surface area contributed by atoms with Gasteiger partial charge in [-0.3, -0.25) is 19.1 Å². The summed E-state index contributed by atoms with van der Waals surface area (Å²) in [5, 5.41) is 1.07. The molecule has 9 heteroatoms. The number of H-pyrrole nitrogens is 1. The Morgan fingerprint density at radius 3 is 2.61 bits per heavy atom. The van der Waals surface area contributed by atoms with Gasteiger partial charge in [-0.1, -0.05) is 38.5 Å². The number of aromatic amines is 1. The van der Waals surface area contributed by atoms with Crippen LogP contribution >= 0.6 is 0 Å². The second-order valence-electron chi connectivity index (χ2n) is 8.21. The van der Waals surface area contributed by atoms with Gasteiger partial charge in [0.15, 0.2) is 11.2 Å². The third-order valence-corrected chi connectivity index (χ3v) is 5.81. The number of aromatic nitrogens is 5. The summed E-state index contributed by atoms with van der Waals surface area (Å²) in [6.45, 7) is 6.97. The molecule has 0 aliphatic heterocycles. The highest BCUT2D eigenvalue weighted by atomic mass is 16.5. The Balaban J connectivity index is 1.62. The molecule has 9 nitrogen and oxygen atoms in total. The summed E-state index contributed by atoms with van der Waals surface area (Å²) in [6, 6.07) is 9.91. The van der Waals surface area contributed by atoms with Crippen LogP contribution in [-0.2, 0) is 35.8 Å². The number of imidazole rings is 1. The van der Waals surface area contributed by atoms with E-state index in [9.17, 15) is 14.4 Å². The lowest BCUT2D eigenvalue weighted by molar-refractivity contribution is -0.145. The van der Waals surface area contributed by atoms with Crippen LogP contribution in [0.1, 0.15) is 44.6 Å². The summed E-state index contributed by atoms with van der Waals surface area (Å²) in [5.74, 6) is 0.0578. The molecule has 1 N–H and O–H groups in total. The van der Waals surface area contributed by atoms with Gasteiger partial charge in [-0.2, -0.15) is 0 Å². The molecule has 4 aromatic rings. The molecule has 0 radical (unpaired) electrons. The minimum Gasteiger partial charge on any atom is -0.456 e. The van der Waals surface area contributed by atoms with Crippen molar-refractivity contribution in [2.24, 2.45) is 0 Å². The van der Waals surface area contributed by atoms with Crippen molar-refractivity contribution in [3.63, 3.8) is 0 Å². The first-order chi connectivity index (χ1) is 15.9. The van der Waals surface area contributed by atoms with Gasteiger partial charge in [-0.25, -0.2) is 9.78 Å². The third kappa shape index (κ3) is 4.35. The number of unbranched alkanes of at least 4 members (excludes halogenated alkanes) is 1. The maximum absolute atomic E-state index is 12.7. The number of nitrogens with zero attached hydrogens (tertiary/aromatic N) is 4. The number of aryl methyl sites for hydroxylation is 3. The highest BCUT2D eigenvalue weighted by molar-refractivity contribution is 5.83. The van der Waals surface area contributed by atoms with E-state index < -0.39 is 17.2 Å². The monoisotopic (exact) mass is 451 g/mol. The van der Waals surface area contributed by atoms with Crippen LogP contribution in [0.25, 0.3) is 22.1 Å². The van der Waals surface area contributed by atoms with Crippen molar-refractivity contribution in [1.29, 1.82) is 0 Å². The molecule has 0 saturated carbocycles. The summed E-state index contributed by atoms with van der Waals surface area (Å²) >= 11 is 0. The zero-order valence-electron chi connectivity index (χ0n) is 19.3. The molecule has 0 aliphatic rings. The Hall–Kier alpha value is -3.62. The van der Waals surface area contributed by atoms with Gasteiger partial charge >= 0.3 is 11.7 Å². The van der Waals surface area contributed by atoms with E-state index in [-0.39, 0.29) is 13.2 Å². The van der Waals surface area contributed by atoms with Gasteiger partial charge in [0.05, 0.1) is 0 Å².